The molecular formula is C14H26N2O3. The lowest BCUT2D eigenvalue weighted by Crippen LogP contribution is -2.49. The van der Waals surface area contributed by atoms with E-state index in [0.717, 1.165) is 25.7 Å². The van der Waals surface area contributed by atoms with Crippen LogP contribution < -0.4 is 11.1 Å². The number of ether oxygens (including phenoxy) is 1. The van der Waals surface area contributed by atoms with E-state index in [1.165, 1.54) is 6.42 Å². The molecule has 1 fully saturated rings. The van der Waals surface area contributed by atoms with E-state index >= 15 is 0 Å². The molecule has 19 heavy (non-hydrogen) atoms. The molecule has 1 aliphatic rings. The summed E-state index contributed by atoms with van der Waals surface area (Å²) in [5, 5.41) is 2.58. The summed E-state index contributed by atoms with van der Waals surface area (Å²) in [5.74, 6) is 0.0882. The van der Waals surface area contributed by atoms with Crippen LogP contribution >= 0.6 is 0 Å². The van der Waals surface area contributed by atoms with Crippen molar-refractivity contribution in [3.63, 3.8) is 0 Å². The SMILES string of the molecule is CC(C)(C)OC(=O)NC(CN)C(=O)C1CCCCC1. The van der Waals surface area contributed by atoms with Crippen molar-refractivity contribution in [2.45, 2.75) is 64.5 Å². The van der Waals surface area contributed by atoms with E-state index in [1.807, 2.05) is 0 Å². The summed E-state index contributed by atoms with van der Waals surface area (Å²) in [7, 11) is 0. The van der Waals surface area contributed by atoms with Gasteiger partial charge in [0.15, 0.2) is 5.78 Å². The van der Waals surface area contributed by atoms with Crippen molar-refractivity contribution in [3.05, 3.63) is 0 Å². The standard InChI is InChI=1S/C14H26N2O3/c1-14(2,3)19-13(18)16-11(9-15)12(17)10-7-5-4-6-8-10/h10-11H,4-9,15H2,1-3H3,(H,16,18). The van der Waals surface area contributed by atoms with E-state index in [-0.39, 0.29) is 18.2 Å². The first-order valence-corrected chi connectivity index (χ1v) is 7.07. The smallest absolute Gasteiger partial charge is 0.408 e. The summed E-state index contributed by atoms with van der Waals surface area (Å²) in [6, 6.07) is -0.627. The summed E-state index contributed by atoms with van der Waals surface area (Å²) in [6.45, 7) is 5.47. The number of rotatable bonds is 4. The molecule has 1 atom stereocenters. The van der Waals surface area contributed by atoms with Crippen LogP contribution in [0.4, 0.5) is 4.79 Å². The van der Waals surface area contributed by atoms with Crippen molar-refractivity contribution < 1.29 is 14.3 Å². The maximum Gasteiger partial charge on any atom is 0.408 e. The monoisotopic (exact) mass is 270 g/mol. The van der Waals surface area contributed by atoms with Crippen molar-refractivity contribution in [2.24, 2.45) is 11.7 Å². The fraction of sp³-hybridized carbons (Fsp3) is 0.857. The molecule has 0 aliphatic heterocycles. The van der Waals surface area contributed by atoms with Gasteiger partial charge in [0.05, 0.1) is 0 Å². The third-order valence-electron chi connectivity index (χ3n) is 3.28. The minimum atomic E-state index is -0.627. The van der Waals surface area contributed by atoms with Gasteiger partial charge in [-0.1, -0.05) is 19.3 Å². The zero-order valence-electron chi connectivity index (χ0n) is 12.2. The lowest BCUT2D eigenvalue weighted by Gasteiger charge is -2.26. The highest BCUT2D eigenvalue weighted by Crippen LogP contribution is 2.25. The molecule has 0 aromatic carbocycles. The number of carbonyl (C=O) groups is 2. The van der Waals surface area contributed by atoms with Crippen LogP contribution in [0.1, 0.15) is 52.9 Å². The highest BCUT2D eigenvalue weighted by Gasteiger charge is 2.29. The minimum Gasteiger partial charge on any atom is -0.444 e. The fourth-order valence-corrected chi connectivity index (χ4v) is 2.37. The van der Waals surface area contributed by atoms with Gasteiger partial charge < -0.3 is 15.8 Å². The number of ketones is 1. The Balaban J connectivity index is 2.52. The second-order valence-corrected chi connectivity index (χ2v) is 6.17. The summed E-state index contributed by atoms with van der Waals surface area (Å²) >= 11 is 0. The average Bonchev–Trinajstić information content (AvgIpc) is 2.34. The molecule has 1 aliphatic carbocycles. The largest absolute Gasteiger partial charge is 0.444 e. The van der Waals surface area contributed by atoms with Crippen LogP contribution in [0.2, 0.25) is 0 Å². The van der Waals surface area contributed by atoms with Crippen LogP contribution in [0.25, 0.3) is 0 Å². The maximum atomic E-state index is 12.3. The molecular weight excluding hydrogens is 244 g/mol. The molecule has 0 radical (unpaired) electrons. The van der Waals surface area contributed by atoms with Crippen molar-refractivity contribution in [2.75, 3.05) is 6.54 Å². The predicted molar refractivity (Wildman–Crippen MR) is 73.8 cm³/mol. The van der Waals surface area contributed by atoms with Crippen LogP contribution in [-0.4, -0.2) is 30.1 Å². The van der Waals surface area contributed by atoms with Gasteiger partial charge in [-0.2, -0.15) is 0 Å². The zero-order valence-corrected chi connectivity index (χ0v) is 12.2. The molecule has 1 saturated carbocycles. The average molecular weight is 270 g/mol. The van der Waals surface area contributed by atoms with Gasteiger partial charge in [-0.25, -0.2) is 4.79 Å². The Hall–Kier alpha value is -1.10. The van der Waals surface area contributed by atoms with E-state index in [1.54, 1.807) is 20.8 Å². The van der Waals surface area contributed by atoms with E-state index in [2.05, 4.69) is 5.32 Å². The predicted octanol–water partition coefficient (Wildman–Crippen LogP) is 1.99. The Morgan fingerprint density at radius 2 is 1.84 bits per heavy atom. The van der Waals surface area contributed by atoms with Gasteiger partial charge >= 0.3 is 6.09 Å². The molecule has 110 valence electrons. The first-order chi connectivity index (χ1) is 8.83. The highest BCUT2D eigenvalue weighted by atomic mass is 16.6. The Labute approximate surface area is 115 Å². The van der Waals surface area contributed by atoms with Crippen LogP contribution in [0.5, 0.6) is 0 Å². The normalized spacial score (nSPS) is 18.7. The van der Waals surface area contributed by atoms with E-state index in [9.17, 15) is 9.59 Å². The summed E-state index contributed by atoms with van der Waals surface area (Å²) in [4.78, 5) is 24.0. The molecule has 0 aromatic heterocycles. The van der Waals surface area contributed by atoms with Gasteiger partial charge in [-0.05, 0) is 33.6 Å². The Morgan fingerprint density at radius 1 is 1.26 bits per heavy atom. The third kappa shape index (κ3) is 5.59. The van der Waals surface area contributed by atoms with E-state index in [4.69, 9.17) is 10.5 Å². The Kier molecular flexibility index (Phi) is 5.79. The molecule has 1 amide bonds. The molecule has 5 heteroatoms. The van der Waals surface area contributed by atoms with E-state index < -0.39 is 17.7 Å². The topological polar surface area (TPSA) is 81.4 Å². The van der Waals surface area contributed by atoms with Crippen LogP contribution in [-0.2, 0) is 9.53 Å². The molecule has 0 heterocycles. The quantitative estimate of drug-likeness (QED) is 0.818. The van der Waals surface area contributed by atoms with Crippen molar-refractivity contribution in [1.29, 1.82) is 0 Å². The molecule has 5 nitrogen and oxygen atoms in total. The number of hydrogen-bond donors (Lipinski definition) is 2. The van der Waals surface area contributed by atoms with Gasteiger partial charge in [0.25, 0.3) is 0 Å². The summed E-state index contributed by atoms with van der Waals surface area (Å²) in [5.41, 5.74) is 5.03. The number of carbonyl (C=O) groups excluding carboxylic acids is 2. The first kappa shape index (κ1) is 16.0. The summed E-state index contributed by atoms with van der Waals surface area (Å²) < 4.78 is 5.15. The van der Waals surface area contributed by atoms with Crippen molar-refractivity contribution >= 4 is 11.9 Å². The van der Waals surface area contributed by atoms with Crippen LogP contribution in [0, 0.1) is 5.92 Å². The minimum absolute atomic E-state index is 0.0391. The highest BCUT2D eigenvalue weighted by molar-refractivity contribution is 5.89. The molecule has 3 N–H and O–H groups in total. The van der Waals surface area contributed by atoms with Crippen molar-refractivity contribution in [3.8, 4) is 0 Å². The molecule has 0 bridgehead atoms. The van der Waals surface area contributed by atoms with E-state index in [0.29, 0.717) is 0 Å². The maximum absolute atomic E-state index is 12.3. The Bertz CT molecular complexity index is 317. The fourth-order valence-electron chi connectivity index (χ4n) is 2.37. The molecule has 1 unspecified atom stereocenters. The number of alkyl carbamates (subject to hydrolysis) is 1. The van der Waals surface area contributed by atoms with Gasteiger partial charge in [0.2, 0.25) is 0 Å². The van der Waals surface area contributed by atoms with Crippen LogP contribution in [0.15, 0.2) is 0 Å². The van der Waals surface area contributed by atoms with Gasteiger partial charge in [-0.15, -0.1) is 0 Å². The number of Topliss-reactive ketones (excluding diaryl/α,β-unsaturated/α-hetero) is 1. The van der Waals surface area contributed by atoms with Gasteiger partial charge in [0, 0.05) is 12.5 Å². The van der Waals surface area contributed by atoms with Crippen LogP contribution in [0.3, 0.4) is 0 Å². The zero-order chi connectivity index (χ0) is 14.5. The molecule has 0 spiro atoms. The number of nitrogens with two attached hydrogens (primary N) is 1. The second kappa shape index (κ2) is 6.89. The van der Waals surface area contributed by atoms with Gasteiger partial charge in [0.1, 0.15) is 11.6 Å². The molecule has 0 saturated heterocycles. The number of hydrogen-bond acceptors (Lipinski definition) is 4. The molecule has 0 aromatic rings. The summed E-state index contributed by atoms with van der Waals surface area (Å²) in [6.07, 6.45) is 4.60. The first-order valence-electron chi connectivity index (χ1n) is 7.07. The molecule has 1 rings (SSSR count). The Morgan fingerprint density at radius 3 is 2.32 bits per heavy atom. The number of nitrogens with one attached hydrogen (secondary N) is 1. The lowest BCUT2D eigenvalue weighted by molar-refractivity contribution is -0.125. The lowest BCUT2D eigenvalue weighted by atomic mass is 9.84. The van der Waals surface area contributed by atoms with Gasteiger partial charge in [-0.3, -0.25) is 4.79 Å². The number of amides is 1. The van der Waals surface area contributed by atoms with Crippen molar-refractivity contribution in [1.82, 2.24) is 5.32 Å². The second-order valence-electron chi connectivity index (χ2n) is 6.17. The third-order valence-corrected chi connectivity index (χ3v) is 3.28.